The zero-order valence-corrected chi connectivity index (χ0v) is 12.5. The van der Waals surface area contributed by atoms with Gasteiger partial charge in [0.1, 0.15) is 18.2 Å². The Morgan fingerprint density at radius 2 is 2.24 bits per heavy atom. The number of ether oxygens (including phenoxy) is 1. The van der Waals surface area contributed by atoms with Crippen molar-refractivity contribution in [2.24, 2.45) is 0 Å². The summed E-state index contributed by atoms with van der Waals surface area (Å²) >= 11 is 0. The monoisotopic (exact) mass is 292 g/mol. The number of aryl methyl sites for hydroxylation is 1. The van der Waals surface area contributed by atoms with Crippen molar-refractivity contribution in [2.75, 3.05) is 13.2 Å². The Bertz CT molecular complexity index is 571. The van der Waals surface area contributed by atoms with E-state index in [9.17, 15) is 4.39 Å². The smallest absolute Gasteiger partial charge is 0.126 e. The van der Waals surface area contributed by atoms with E-state index in [1.807, 2.05) is 6.20 Å². The molecule has 1 N–H and O–H groups in total. The van der Waals surface area contributed by atoms with Crippen LogP contribution < -0.4 is 10.1 Å². The molecule has 0 aliphatic rings. The molecular formula is C15H21FN4O. The minimum atomic E-state index is -0.220. The molecule has 6 heteroatoms. The summed E-state index contributed by atoms with van der Waals surface area (Å²) in [5.74, 6) is 0.446. The van der Waals surface area contributed by atoms with Gasteiger partial charge in [0.15, 0.2) is 0 Å². The fourth-order valence-electron chi connectivity index (χ4n) is 1.89. The number of nitrogens with one attached hydrogen (secondary N) is 1. The van der Waals surface area contributed by atoms with Crippen LogP contribution >= 0.6 is 0 Å². The SMILES string of the molecule is CCCNCc1cn(CCOc2ccc(F)c(C)c2)nn1. The van der Waals surface area contributed by atoms with Crippen molar-refractivity contribution in [1.29, 1.82) is 0 Å². The first kappa shape index (κ1) is 15.4. The first-order valence-electron chi connectivity index (χ1n) is 7.17. The molecule has 1 aromatic carbocycles. The molecule has 0 amide bonds. The van der Waals surface area contributed by atoms with Gasteiger partial charge in [-0.1, -0.05) is 12.1 Å². The van der Waals surface area contributed by atoms with Crippen molar-refractivity contribution in [3.63, 3.8) is 0 Å². The molecule has 1 heterocycles. The van der Waals surface area contributed by atoms with Gasteiger partial charge in [-0.2, -0.15) is 0 Å². The molecule has 21 heavy (non-hydrogen) atoms. The van der Waals surface area contributed by atoms with Gasteiger partial charge < -0.3 is 10.1 Å². The van der Waals surface area contributed by atoms with E-state index in [4.69, 9.17) is 4.74 Å². The molecule has 0 saturated carbocycles. The zero-order chi connectivity index (χ0) is 15.1. The largest absolute Gasteiger partial charge is 0.492 e. The molecule has 0 aliphatic carbocycles. The van der Waals surface area contributed by atoms with Crippen LogP contribution in [0.25, 0.3) is 0 Å². The lowest BCUT2D eigenvalue weighted by Gasteiger charge is -2.07. The van der Waals surface area contributed by atoms with Gasteiger partial charge in [0.25, 0.3) is 0 Å². The molecule has 0 aliphatic heterocycles. The number of benzene rings is 1. The van der Waals surface area contributed by atoms with Crippen LogP contribution in [0.5, 0.6) is 5.75 Å². The fourth-order valence-corrected chi connectivity index (χ4v) is 1.89. The molecule has 2 aromatic rings. The van der Waals surface area contributed by atoms with Crippen LogP contribution in [-0.2, 0) is 13.1 Å². The molecule has 0 fully saturated rings. The Balaban J connectivity index is 1.76. The molecule has 0 spiro atoms. The lowest BCUT2D eigenvalue weighted by atomic mass is 10.2. The van der Waals surface area contributed by atoms with Gasteiger partial charge in [0.05, 0.1) is 12.2 Å². The summed E-state index contributed by atoms with van der Waals surface area (Å²) in [6.45, 7) is 6.62. The van der Waals surface area contributed by atoms with Gasteiger partial charge in [0, 0.05) is 12.7 Å². The number of nitrogens with zero attached hydrogens (tertiary/aromatic N) is 3. The summed E-state index contributed by atoms with van der Waals surface area (Å²) in [6.07, 6.45) is 3.00. The van der Waals surface area contributed by atoms with Crippen molar-refractivity contribution in [2.45, 2.75) is 33.4 Å². The Kier molecular flexibility index (Phi) is 5.68. The quantitative estimate of drug-likeness (QED) is 0.759. The average molecular weight is 292 g/mol. The van der Waals surface area contributed by atoms with E-state index in [-0.39, 0.29) is 5.82 Å². The van der Waals surface area contributed by atoms with Gasteiger partial charge in [0.2, 0.25) is 0 Å². The molecule has 114 valence electrons. The molecule has 0 radical (unpaired) electrons. The van der Waals surface area contributed by atoms with E-state index in [0.717, 1.165) is 25.2 Å². The van der Waals surface area contributed by atoms with E-state index < -0.39 is 0 Å². The third-order valence-corrected chi connectivity index (χ3v) is 3.04. The lowest BCUT2D eigenvalue weighted by molar-refractivity contribution is 0.289. The highest BCUT2D eigenvalue weighted by atomic mass is 19.1. The van der Waals surface area contributed by atoms with E-state index in [0.29, 0.717) is 24.5 Å². The molecule has 2 rings (SSSR count). The number of halogens is 1. The molecule has 0 unspecified atom stereocenters. The predicted molar refractivity (Wildman–Crippen MR) is 78.7 cm³/mol. The van der Waals surface area contributed by atoms with E-state index in [1.54, 1.807) is 23.7 Å². The second-order valence-corrected chi connectivity index (χ2v) is 4.91. The third-order valence-electron chi connectivity index (χ3n) is 3.04. The summed E-state index contributed by atoms with van der Waals surface area (Å²) in [5, 5.41) is 11.4. The van der Waals surface area contributed by atoms with Crippen LogP contribution in [0.4, 0.5) is 4.39 Å². The Labute approximate surface area is 124 Å². The van der Waals surface area contributed by atoms with Crippen LogP contribution in [0.2, 0.25) is 0 Å². The first-order valence-corrected chi connectivity index (χ1v) is 7.17. The van der Waals surface area contributed by atoms with E-state index >= 15 is 0 Å². The summed E-state index contributed by atoms with van der Waals surface area (Å²) < 4.78 is 20.5. The molecule has 1 aromatic heterocycles. The Hall–Kier alpha value is -1.95. The number of hydrogen-bond donors (Lipinski definition) is 1. The highest BCUT2D eigenvalue weighted by Crippen LogP contribution is 2.15. The maximum Gasteiger partial charge on any atom is 0.126 e. The molecule has 0 atom stereocenters. The van der Waals surface area contributed by atoms with Gasteiger partial charge >= 0.3 is 0 Å². The zero-order valence-electron chi connectivity index (χ0n) is 12.5. The summed E-state index contributed by atoms with van der Waals surface area (Å²) in [4.78, 5) is 0. The van der Waals surface area contributed by atoms with Crippen LogP contribution in [-0.4, -0.2) is 28.1 Å². The minimum Gasteiger partial charge on any atom is -0.492 e. The molecule has 0 saturated heterocycles. The van der Waals surface area contributed by atoms with Crippen LogP contribution in [0.15, 0.2) is 24.4 Å². The van der Waals surface area contributed by atoms with E-state index in [2.05, 4.69) is 22.6 Å². The average Bonchev–Trinajstić information content (AvgIpc) is 2.91. The molecular weight excluding hydrogens is 271 g/mol. The van der Waals surface area contributed by atoms with Crippen LogP contribution in [0.1, 0.15) is 24.6 Å². The van der Waals surface area contributed by atoms with Gasteiger partial charge in [-0.25, -0.2) is 9.07 Å². The second-order valence-electron chi connectivity index (χ2n) is 4.91. The van der Waals surface area contributed by atoms with Crippen molar-refractivity contribution in [1.82, 2.24) is 20.3 Å². The second kappa shape index (κ2) is 7.73. The van der Waals surface area contributed by atoms with E-state index in [1.165, 1.54) is 6.07 Å². The lowest BCUT2D eigenvalue weighted by Crippen LogP contribution is -2.14. The standard InChI is InChI=1S/C15H21FN4O/c1-3-6-17-10-13-11-20(19-18-13)7-8-21-14-4-5-15(16)12(2)9-14/h4-5,9,11,17H,3,6-8,10H2,1-2H3. The number of hydrogen-bond acceptors (Lipinski definition) is 4. The summed E-state index contributed by atoms with van der Waals surface area (Å²) in [7, 11) is 0. The Morgan fingerprint density at radius 1 is 1.38 bits per heavy atom. The molecule has 0 bridgehead atoms. The van der Waals surface area contributed by atoms with Crippen LogP contribution in [0, 0.1) is 12.7 Å². The van der Waals surface area contributed by atoms with Crippen LogP contribution in [0.3, 0.4) is 0 Å². The normalized spacial score (nSPS) is 10.8. The summed E-state index contributed by atoms with van der Waals surface area (Å²) in [5.41, 5.74) is 1.50. The highest BCUT2D eigenvalue weighted by Gasteiger charge is 2.02. The first-order chi connectivity index (χ1) is 10.2. The van der Waals surface area contributed by atoms with Crippen molar-refractivity contribution in [3.05, 3.63) is 41.5 Å². The van der Waals surface area contributed by atoms with Crippen molar-refractivity contribution in [3.8, 4) is 5.75 Å². The maximum absolute atomic E-state index is 13.1. The van der Waals surface area contributed by atoms with Gasteiger partial charge in [-0.05, 0) is 43.7 Å². The van der Waals surface area contributed by atoms with Crippen molar-refractivity contribution < 1.29 is 9.13 Å². The topological polar surface area (TPSA) is 52.0 Å². The third kappa shape index (κ3) is 4.82. The van der Waals surface area contributed by atoms with Crippen molar-refractivity contribution >= 4 is 0 Å². The number of aromatic nitrogens is 3. The van der Waals surface area contributed by atoms with Gasteiger partial charge in [-0.15, -0.1) is 5.10 Å². The minimum absolute atomic E-state index is 0.220. The molecule has 5 nitrogen and oxygen atoms in total. The fraction of sp³-hybridized carbons (Fsp3) is 0.467. The summed E-state index contributed by atoms with van der Waals surface area (Å²) in [6, 6.07) is 4.73. The number of rotatable bonds is 8. The van der Waals surface area contributed by atoms with Gasteiger partial charge in [-0.3, -0.25) is 0 Å². The highest BCUT2D eigenvalue weighted by molar-refractivity contribution is 5.28. The predicted octanol–water partition coefficient (Wildman–Crippen LogP) is 2.30. The maximum atomic E-state index is 13.1. The Morgan fingerprint density at radius 3 is 3.00 bits per heavy atom.